The molecule has 0 bridgehead atoms. The standard InChI is InChI=1S/C10H9NO4/c1-13-8-3-6-7(4-9(8)14-2)15-10(5-12)11-6/h3-5H,1-2H3. The minimum Gasteiger partial charge on any atom is -0.493 e. The average molecular weight is 207 g/mol. The van der Waals surface area contributed by atoms with E-state index >= 15 is 0 Å². The fourth-order valence-corrected chi connectivity index (χ4v) is 1.32. The van der Waals surface area contributed by atoms with Gasteiger partial charge in [0, 0.05) is 12.1 Å². The van der Waals surface area contributed by atoms with Crippen LogP contribution in [0.4, 0.5) is 0 Å². The van der Waals surface area contributed by atoms with Gasteiger partial charge in [0.15, 0.2) is 17.1 Å². The van der Waals surface area contributed by atoms with E-state index in [1.165, 1.54) is 14.2 Å². The molecule has 2 rings (SSSR count). The van der Waals surface area contributed by atoms with Crippen LogP contribution < -0.4 is 9.47 Å². The van der Waals surface area contributed by atoms with Gasteiger partial charge in [0.2, 0.25) is 6.29 Å². The van der Waals surface area contributed by atoms with Gasteiger partial charge in [-0.05, 0) is 0 Å². The second-order valence-electron chi connectivity index (χ2n) is 2.84. The molecule has 0 atom stereocenters. The molecule has 0 unspecified atom stereocenters. The summed E-state index contributed by atoms with van der Waals surface area (Å²) in [5.41, 5.74) is 1.06. The summed E-state index contributed by atoms with van der Waals surface area (Å²) in [5, 5.41) is 0. The Balaban J connectivity index is 2.66. The maximum Gasteiger partial charge on any atom is 0.260 e. The lowest BCUT2D eigenvalue weighted by atomic mass is 10.3. The molecule has 78 valence electrons. The molecule has 0 spiro atoms. The number of aromatic nitrogens is 1. The van der Waals surface area contributed by atoms with Crippen LogP contribution in [0.15, 0.2) is 16.5 Å². The van der Waals surface area contributed by atoms with Crippen molar-refractivity contribution in [1.82, 2.24) is 4.98 Å². The van der Waals surface area contributed by atoms with Crippen LogP contribution in [0.5, 0.6) is 11.5 Å². The van der Waals surface area contributed by atoms with Crippen LogP contribution in [0, 0.1) is 0 Å². The van der Waals surface area contributed by atoms with E-state index in [1.807, 2.05) is 0 Å². The molecule has 5 heteroatoms. The average Bonchev–Trinajstić information content (AvgIpc) is 2.68. The Morgan fingerprint density at radius 3 is 2.53 bits per heavy atom. The van der Waals surface area contributed by atoms with Crippen LogP contribution >= 0.6 is 0 Å². The highest BCUT2D eigenvalue weighted by Gasteiger charge is 2.11. The number of aldehydes is 1. The molecule has 0 radical (unpaired) electrons. The number of rotatable bonds is 3. The summed E-state index contributed by atoms with van der Waals surface area (Å²) in [6.07, 6.45) is 0.555. The Morgan fingerprint density at radius 1 is 1.27 bits per heavy atom. The molecule has 0 saturated heterocycles. The third kappa shape index (κ3) is 1.52. The molecule has 1 aromatic heterocycles. The summed E-state index contributed by atoms with van der Waals surface area (Å²) in [7, 11) is 3.06. The van der Waals surface area contributed by atoms with Crippen molar-refractivity contribution in [1.29, 1.82) is 0 Å². The van der Waals surface area contributed by atoms with Crippen molar-refractivity contribution < 1.29 is 18.7 Å². The van der Waals surface area contributed by atoms with Gasteiger partial charge in [-0.25, -0.2) is 4.98 Å². The Labute approximate surface area is 85.6 Å². The quantitative estimate of drug-likeness (QED) is 0.716. The molecule has 1 heterocycles. The molecule has 0 fully saturated rings. The van der Waals surface area contributed by atoms with E-state index in [4.69, 9.17) is 13.9 Å². The lowest BCUT2D eigenvalue weighted by Crippen LogP contribution is -1.89. The van der Waals surface area contributed by atoms with Crippen LogP contribution in [0.2, 0.25) is 0 Å². The maximum absolute atomic E-state index is 10.5. The van der Waals surface area contributed by atoms with Gasteiger partial charge in [0.25, 0.3) is 5.89 Å². The molecule has 2 aromatic rings. The highest BCUT2D eigenvalue weighted by molar-refractivity contribution is 5.81. The molecule has 0 N–H and O–H groups in total. The van der Waals surface area contributed by atoms with Crippen LogP contribution in [-0.4, -0.2) is 25.5 Å². The van der Waals surface area contributed by atoms with Crippen LogP contribution in [0.1, 0.15) is 10.7 Å². The number of nitrogens with zero attached hydrogens (tertiary/aromatic N) is 1. The number of ether oxygens (including phenoxy) is 2. The molecule has 15 heavy (non-hydrogen) atoms. The first kappa shape index (κ1) is 9.51. The van der Waals surface area contributed by atoms with E-state index in [0.717, 1.165) is 0 Å². The fraction of sp³-hybridized carbons (Fsp3) is 0.200. The molecule has 0 aliphatic heterocycles. The molecular formula is C10H9NO4. The van der Waals surface area contributed by atoms with E-state index < -0.39 is 0 Å². The highest BCUT2D eigenvalue weighted by atomic mass is 16.5. The summed E-state index contributed by atoms with van der Waals surface area (Å²) in [4.78, 5) is 14.4. The Morgan fingerprint density at radius 2 is 1.93 bits per heavy atom. The van der Waals surface area contributed by atoms with Gasteiger partial charge >= 0.3 is 0 Å². The monoisotopic (exact) mass is 207 g/mol. The molecule has 0 saturated carbocycles. The van der Waals surface area contributed by atoms with Crippen molar-refractivity contribution in [3.63, 3.8) is 0 Å². The number of oxazole rings is 1. The number of carbonyl (C=O) groups excluding carboxylic acids is 1. The summed E-state index contributed by atoms with van der Waals surface area (Å²) in [6.45, 7) is 0. The van der Waals surface area contributed by atoms with Crippen LogP contribution in [-0.2, 0) is 0 Å². The van der Waals surface area contributed by atoms with E-state index in [1.54, 1.807) is 12.1 Å². The van der Waals surface area contributed by atoms with Crippen molar-refractivity contribution >= 4 is 17.4 Å². The maximum atomic E-state index is 10.5. The first-order valence-corrected chi connectivity index (χ1v) is 4.26. The van der Waals surface area contributed by atoms with Gasteiger partial charge in [0.1, 0.15) is 5.52 Å². The Kier molecular flexibility index (Phi) is 2.29. The highest BCUT2D eigenvalue weighted by Crippen LogP contribution is 2.31. The number of carbonyl (C=O) groups is 1. The predicted octanol–water partition coefficient (Wildman–Crippen LogP) is 1.66. The zero-order valence-electron chi connectivity index (χ0n) is 8.31. The zero-order chi connectivity index (χ0) is 10.8. The number of fused-ring (bicyclic) bond motifs is 1. The second kappa shape index (κ2) is 3.61. The molecule has 1 aromatic carbocycles. The first-order chi connectivity index (χ1) is 7.28. The van der Waals surface area contributed by atoms with Crippen molar-refractivity contribution in [2.24, 2.45) is 0 Å². The van der Waals surface area contributed by atoms with Gasteiger partial charge in [-0.2, -0.15) is 0 Å². The van der Waals surface area contributed by atoms with Gasteiger partial charge in [-0.15, -0.1) is 0 Å². The SMILES string of the molecule is COc1cc2nc(C=O)oc2cc1OC. The van der Waals surface area contributed by atoms with E-state index in [2.05, 4.69) is 4.98 Å². The molecule has 0 aliphatic carbocycles. The second-order valence-corrected chi connectivity index (χ2v) is 2.84. The Hall–Kier alpha value is -2.04. The molecular weight excluding hydrogens is 198 g/mol. The van der Waals surface area contributed by atoms with Gasteiger partial charge < -0.3 is 13.9 Å². The number of methoxy groups -OCH3 is 2. The minimum absolute atomic E-state index is 0.0420. The van der Waals surface area contributed by atoms with E-state index in [0.29, 0.717) is 28.9 Å². The zero-order valence-corrected chi connectivity index (χ0v) is 8.31. The van der Waals surface area contributed by atoms with Crippen LogP contribution in [0.25, 0.3) is 11.1 Å². The van der Waals surface area contributed by atoms with Gasteiger partial charge in [0.05, 0.1) is 14.2 Å². The minimum atomic E-state index is 0.0420. The van der Waals surface area contributed by atoms with Crippen molar-refractivity contribution in [2.45, 2.75) is 0 Å². The summed E-state index contributed by atoms with van der Waals surface area (Å²) >= 11 is 0. The largest absolute Gasteiger partial charge is 0.493 e. The van der Waals surface area contributed by atoms with Crippen molar-refractivity contribution in [3.8, 4) is 11.5 Å². The number of hydrogen-bond acceptors (Lipinski definition) is 5. The van der Waals surface area contributed by atoms with Gasteiger partial charge in [-0.3, -0.25) is 4.79 Å². The lowest BCUT2D eigenvalue weighted by molar-refractivity contribution is 0.109. The summed E-state index contributed by atoms with van der Waals surface area (Å²) in [5.74, 6) is 1.13. The summed E-state index contributed by atoms with van der Waals surface area (Å²) < 4.78 is 15.3. The van der Waals surface area contributed by atoms with Crippen molar-refractivity contribution in [3.05, 3.63) is 18.0 Å². The third-order valence-corrected chi connectivity index (χ3v) is 2.01. The smallest absolute Gasteiger partial charge is 0.260 e. The predicted molar refractivity (Wildman–Crippen MR) is 52.5 cm³/mol. The Bertz CT molecular complexity index is 462. The molecule has 0 amide bonds. The fourth-order valence-electron chi connectivity index (χ4n) is 1.32. The number of hydrogen-bond donors (Lipinski definition) is 0. The van der Waals surface area contributed by atoms with E-state index in [9.17, 15) is 4.79 Å². The lowest BCUT2D eigenvalue weighted by Gasteiger charge is -2.05. The normalized spacial score (nSPS) is 10.3. The van der Waals surface area contributed by atoms with E-state index in [-0.39, 0.29) is 5.89 Å². The topological polar surface area (TPSA) is 61.6 Å². The first-order valence-electron chi connectivity index (χ1n) is 4.26. The number of benzene rings is 1. The van der Waals surface area contributed by atoms with Gasteiger partial charge in [-0.1, -0.05) is 0 Å². The molecule has 5 nitrogen and oxygen atoms in total. The van der Waals surface area contributed by atoms with Crippen LogP contribution in [0.3, 0.4) is 0 Å². The van der Waals surface area contributed by atoms with Crippen molar-refractivity contribution in [2.75, 3.05) is 14.2 Å². The summed E-state index contributed by atoms with van der Waals surface area (Å²) in [6, 6.07) is 3.29. The third-order valence-electron chi connectivity index (χ3n) is 2.01. The molecule has 0 aliphatic rings.